The molecule has 7 heteroatoms. The van der Waals surface area contributed by atoms with Crippen LogP contribution in [0.5, 0.6) is 0 Å². The fourth-order valence-corrected chi connectivity index (χ4v) is 6.23. The van der Waals surface area contributed by atoms with Crippen molar-refractivity contribution >= 4 is 10.0 Å². The zero-order valence-electron chi connectivity index (χ0n) is 19.8. The summed E-state index contributed by atoms with van der Waals surface area (Å²) in [6, 6.07) is 21.3. The van der Waals surface area contributed by atoms with Crippen LogP contribution >= 0.6 is 0 Å². The van der Waals surface area contributed by atoms with Crippen molar-refractivity contribution < 1.29 is 12.8 Å². The monoisotopic (exact) mass is 493 g/mol. The number of halogens is 1. The zero-order valence-corrected chi connectivity index (χ0v) is 20.7. The van der Waals surface area contributed by atoms with Gasteiger partial charge in [-0.1, -0.05) is 48.5 Å². The summed E-state index contributed by atoms with van der Waals surface area (Å²) in [7, 11) is -3.89. The molecular formula is C28H32FN3O2S. The fourth-order valence-electron chi connectivity index (χ4n) is 5.15. The van der Waals surface area contributed by atoms with Gasteiger partial charge in [0.2, 0.25) is 10.0 Å². The first kappa shape index (κ1) is 24.1. The average Bonchev–Trinajstić information content (AvgIpc) is 3.52. The molecule has 2 aliphatic rings. The zero-order chi connectivity index (χ0) is 24.3. The van der Waals surface area contributed by atoms with E-state index in [1.54, 1.807) is 6.07 Å². The average molecular weight is 494 g/mol. The Bertz CT molecular complexity index is 1260. The van der Waals surface area contributed by atoms with Gasteiger partial charge in [-0.3, -0.25) is 0 Å². The highest BCUT2D eigenvalue weighted by Gasteiger charge is 2.21. The molecule has 1 heterocycles. The molecule has 5 nitrogen and oxygen atoms in total. The Kier molecular flexibility index (Phi) is 7.29. The summed E-state index contributed by atoms with van der Waals surface area (Å²) >= 11 is 0. The van der Waals surface area contributed by atoms with Crippen LogP contribution in [0.15, 0.2) is 71.6 Å². The molecule has 3 aromatic rings. The largest absolute Gasteiger partial charge is 0.309 e. The lowest BCUT2D eigenvalue weighted by molar-refractivity contribution is 0.344. The number of fused-ring (bicyclic) bond motifs is 1. The molecule has 184 valence electrons. The number of nitrogens with one attached hydrogen (secondary N) is 2. The van der Waals surface area contributed by atoms with Gasteiger partial charge < -0.3 is 10.2 Å². The maximum absolute atomic E-state index is 14.9. The second-order valence-corrected chi connectivity index (χ2v) is 11.3. The normalized spacial score (nSPS) is 16.6. The van der Waals surface area contributed by atoms with Crippen molar-refractivity contribution in [2.75, 3.05) is 26.2 Å². The lowest BCUT2D eigenvalue weighted by Gasteiger charge is -2.15. The van der Waals surface area contributed by atoms with Crippen molar-refractivity contribution in [1.29, 1.82) is 0 Å². The molecule has 0 atom stereocenters. The highest BCUT2D eigenvalue weighted by Crippen LogP contribution is 2.26. The molecule has 0 unspecified atom stereocenters. The second-order valence-electron chi connectivity index (χ2n) is 9.55. The molecule has 1 saturated heterocycles. The van der Waals surface area contributed by atoms with Crippen LogP contribution in [0, 0.1) is 5.82 Å². The first-order valence-corrected chi connectivity index (χ1v) is 13.9. The van der Waals surface area contributed by atoms with Gasteiger partial charge >= 0.3 is 0 Å². The van der Waals surface area contributed by atoms with E-state index >= 15 is 0 Å². The van der Waals surface area contributed by atoms with Crippen LogP contribution in [-0.2, 0) is 29.4 Å². The minimum absolute atomic E-state index is 0.282. The molecule has 3 aromatic carbocycles. The van der Waals surface area contributed by atoms with Gasteiger partial charge in [0.1, 0.15) is 10.7 Å². The van der Waals surface area contributed by atoms with Crippen LogP contribution in [0.4, 0.5) is 4.39 Å². The van der Waals surface area contributed by atoms with Crippen molar-refractivity contribution in [2.24, 2.45) is 0 Å². The van der Waals surface area contributed by atoms with Gasteiger partial charge in [-0.15, -0.1) is 0 Å². The van der Waals surface area contributed by atoms with Crippen LogP contribution in [-0.4, -0.2) is 45.5 Å². The van der Waals surface area contributed by atoms with Crippen LogP contribution in [0.2, 0.25) is 0 Å². The van der Waals surface area contributed by atoms with Gasteiger partial charge in [-0.25, -0.2) is 17.5 Å². The summed E-state index contributed by atoms with van der Waals surface area (Å²) < 4.78 is 42.7. The third kappa shape index (κ3) is 5.81. The molecule has 5 rings (SSSR count). The molecule has 0 spiro atoms. The topological polar surface area (TPSA) is 61.4 Å². The molecule has 2 N–H and O–H groups in total. The van der Waals surface area contributed by atoms with Crippen LogP contribution in [0.3, 0.4) is 0 Å². The summed E-state index contributed by atoms with van der Waals surface area (Å²) in [5, 5.41) is 3.64. The van der Waals surface area contributed by atoms with Crippen molar-refractivity contribution in [2.45, 2.75) is 43.2 Å². The van der Waals surface area contributed by atoms with Crippen LogP contribution < -0.4 is 10.0 Å². The summed E-state index contributed by atoms with van der Waals surface area (Å²) in [5.74, 6) is -0.733. The van der Waals surface area contributed by atoms with Crippen LogP contribution in [0.1, 0.15) is 29.5 Å². The van der Waals surface area contributed by atoms with E-state index in [9.17, 15) is 12.8 Å². The van der Waals surface area contributed by atoms with E-state index in [0.717, 1.165) is 56.4 Å². The van der Waals surface area contributed by atoms with Gasteiger partial charge in [0.15, 0.2) is 0 Å². The quantitative estimate of drug-likeness (QED) is 0.471. The Labute approximate surface area is 207 Å². The molecular weight excluding hydrogens is 461 g/mol. The lowest BCUT2D eigenvalue weighted by atomic mass is 10.0. The van der Waals surface area contributed by atoms with Crippen LogP contribution in [0.25, 0.3) is 11.1 Å². The summed E-state index contributed by atoms with van der Waals surface area (Å²) in [5.41, 5.74) is 5.46. The molecule has 0 radical (unpaired) electrons. The first-order valence-electron chi connectivity index (χ1n) is 12.4. The summed E-state index contributed by atoms with van der Waals surface area (Å²) in [6.07, 6.45) is 4.36. The predicted molar refractivity (Wildman–Crippen MR) is 137 cm³/mol. The highest BCUT2D eigenvalue weighted by atomic mass is 32.2. The number of benzene rings is 3. The number of hydrogen-bond donors (Lipinski definition) is 2. The van der Waals surface area contributed by atoms with E-state index in [-0.39, 0.29) is 11.4 Å². The number of nitrogens with zero attached hydrogens (tertiary/aromatic N) is 1. The van der Waals surface area contributed by atoms with Gasteiger partial charge in [0, 0.05) is 25.7 Å². The molecule has 0 amide bonds. The smallest absolute Gasteiger partial charge is 0.243 e. The maximum Gasteiger partial charge on any atom is 0.243 e. The van der Waals surface area contributed by atoms with E-state index in [0.29, 0.717) is 18.2 Å². The lowest BCUT2D eigenvalue weighted by Crippen LogP contribution is -2.33. The third-order valence-corrected chi connectivity index (χ3v) is 8.54. The standard InChI is InChI=1S/C28H32FN3O2S/c29-27-19-25(10-11-28(27)35(33,34)31-12-15-32-13-3-4-14-32)22-9-5-6-21(16-22)20-30-26-17-23-7-1-2-8-24(23)18-26/h1-2,5-11,16,19,26,30-31H,3-4,12-15,17-18,20H2. The predicted octanol–water partition coefficient (Wildman–Crippen LogP) is 4.12. The van der Waals surface area contributed by atoms with E-state index in [2.05, 4.69) is 45.3 Å². The molecule has 0 aromatic heterocycles. The Morgan fingerprint density at radius 3 is 2.31 bits per heavy atom. The Hall–Kier alpha value is -2.58. The molecule has 0 bridgehead atoms. The van der Waals surface area contributed by atoms with Gasteiger partial charge in [0.05, 0.1) is 0 Å². The minimum Gasteiger partial charge on any atom is -0.309 e. The molecule has 1 fully saturated rings. The van der Waals surface area contributed by atoms with Gasteiger partial charge in [0.25, 0.3) is 0 Å². The molecule has 1 aliphatic carbocycles. The minimum atomic E-state index is -3.89. The summed E-state index contributed by atoms with van der Waals surface area (Å²) in [4.78, 5) is 1.91. The first-order chi connectivity index (χ1) is 17.0. The fraction of sp³-hybridized carbons (Fsp3) is 0.357. The number of sulfonamides is 1. The SMILES string of the molecule is O=S(=O)(NCCN1CCCC1)c1ccc(-c2cccc(CNC3Cc4ccccc4C3)c2)cc1F. The van der Waals surface area contributed by atoms with E-state index < -0.39 is 15.8 Å². The van der Waals surface area contributed by atoms with E-state index in [1.807, 2.05) is 18.2 Å². The Balaban J connectivity index is 1.21. The highest BCUT2D eigenvalue weighted by molar-refractivity contribution is 7.89. The van der Waals surface area contributed by atoms with Gasteiger partial charge in [-0.05, 0) is 84.8 Å². The summed E-state index contributed by atoms with van der Waals surface area (Å²) in [6.45, 7) is 3.64. The third-order valence-electron chi connectivity index (χ3n) is 7.05. The maximum atomic E-state index is 14.9. The van der Waals surface area contributed by atoms with Crippen molar-refractivity contribution in [3.8, 4) is 11.1 Å². The van der Waals surface area contributed by atoms with Crippen molar-refractivity contribution in [3.05, 3.63) is 89.2 Å². The second kappa shape index (κ2) is 10.6. The number of hydrogen-bond acceptors (Lipinski definition) is 4. The molecule has 0 saturated carbocycles. The van der Waals surface area contributed by atoms with Gasteiger partial charge in [-0.2, -0.15) is 0 Å². The van der Waals surface area contributed by atoms with Crippen molar-refractivity contribution in [3.63, 3.8) is 0 Å². The number of rotatable bonds is 9. The Morgan fingerprint density at radius 1 is 0.886 bits per heavy atom. The molecule has 1 aliphatic heterocycles. The van der Waals surface area contributed by atoms with E-state index in [4.69, 9.17) is 0 Å². The number of likely N-dealkylation sites (tertiary alicyclic amines) is 1. The van der Waals surface area contributed by atoms with E-state index in [1.165, 1.54) is 23.3 Å². The molecule has 35 heavy (non-hydrogen) atoms. The van der Waals surface area contributed by atoms with Crippen molar-refractivity contribution in [1.82, 2.24) is 14.9 Å². The Morgan fingerprint density at radius 2 is 1.60 bits per heavy atom.